The molecule has 0 bridgehead atoms. The van der Waals surface area contributed by atoms with Crippen molar-refractivity contribution in [3.63, 3.8) is 0 Å². The van der Waals surface area contributed by atoms with E-state index >= 15 is 0 Å². The third kappa shape index (κ3) is 8.93. The van der Waals surface area contributed by atoms with Crippen LogP contribution in [-0.2, 0) is 9.59 Å². The minimum Gasteiger partial charge on any atom is -0.483 e. The summed E-state index contributed by atoms with van der Waals surface area (Å²) in [5, 5.41) is 19.8. The van der Waals surface area contributed by atoms with Gasteiger partial charge in [-0.1, -0.05) is 28.9 Å². The number of aliphatic hydroxyl groups is 1. The predicted molar refractivity (Wildman–Crippen MR) is 151 cm³/mol. The van der Waals surface area contributed by atoms with Gasteiger partial charge >= 0.3 is 0 Å². The fourth-order valence-electron chi connectivity index (χ4n) is 4.70. The van der Waals surface area contributed by atoms with Crippen molar-refractivity contribution in [2.24, 2.45) is 4.99 Å². The van der Waals surface area contributed by atoms with Crippen molar-refractivity contribution < 1.29 is 33.0 Å². The molecule has 1 aromatic heterocycles. The second-order valence-electron chi connectivity index (χ2n) is 8.98. The van der Waals surface area contributed by atoms with E-state index in [-0.39, 0.29) is 38.3 Å². The summed E-state index contributed by atoms with van der Waals surface area (Å²) in [6, 6.07) is 3.69. The molecule has 1 fully saturated rings. The molecular formula is C26H33BrF3N5O4S. The number of hydrogen-bond acceptors (Lipinski definition) is 9. The van der Waals surface area contributed by atoms with Gasteiger partial charge in [-0.15, -0.1) is 11.3 Å². The maximum absolute atomic E-state index is 14.5. The number of hydrogen-bond donors (Lipinski definition) is 3. The number of benzene rings is 1. The quantitative estimate of drug-likeness (QED) is 0.350. The second-order valence-corrected chi connectivity index (χ2v) is 10.7. The zero-order chi connectivity index (χ0) is 29.9. The molecule has 40 heavy (non-hydrogen) atoms. The molecule has 3 N–H and O–H groups in total. The molecule has 1 saturated heterocycles. The van der Waals surface area contributed by atoms with Crippen LogP contribution in [0.2, 0.25) is 0 Å². The molecule has 2 aliphatic heterocycles. The third-order valence-corrected chi connectivity index (χ3v) is 7.74. The highest BCUT2D eigenvalue weighted by atomic mass is 79.9. The molecule has 0 saturated carbocycles. The minimum absolute atomic E-state index is 0.193. The lowest BCUT2D eigenvalue weighted by Gasteiger charge is -2.33. The number of likely N-dealkylation sites (tertiary alicyclic amines) is 1. The summed E-state index contributed by atoms with van der Waals surface area (Å²) in [4.78, 5) is 32.1. The number of aliphatic imine (C=N–C) groups is 1. The van der Waals surface area contributed by atoms with Crippen LogP contribution in [0.25, 0.3) is 0 Å². The van der Waals surface area contributed by atoms with Crippen molar-refractivity contribution in [1.82, 2.24) is 20.1 Å². The van der Waals surface area contributed by atoms with Crippen LogP contribution in [0.5, 0.6) is 0 Å². The lowest BCUT2D eigenvalue weighted by molar-refractivity contribution is -0.122. The number of aldehydes is 1. The van der Waals surface area contributed by atoms with Crippen LogP contribution in [0.4, 0.5) is 13.2 Å². The summed E-state index contributed by atoms with van der Waals surface area (Å²) in [7, 11) is 2.76. The Morgan fingerprint density at radius 3 is 2.60 bits per heavy atom. The number of alkyl halides is 2. The van der Waals surface area contributed by atoms with Gasteiger partial charge in [-0.3, -0.25) is 19.6 Å². The lowest BCUT2D eigenvalue weighted by Crippen LogP contribution is -2.43. The van der Waals surface area contributed by atoms with Crippen molar-refractivity contribution in [2.45, 2.75) is 37.8 Å². The van der Waals surface area contributed by atoms with Crippen molar-refractivity contribution in [2.75, 3.05) is 40.3 Å². The molecule has 2 aromatic rings. The molecule has 9 nitrogen and oxygen atoms in total. The number of carbonyl (C=O) groups excluding carboxylic acids is 1. The summed E-state index contributed by atoms with van der Waals surface area (Å²) >= 11 is 4.90. The molecule has 4 rings (SSSR count). The second kappa shape index (κ2) is 16.0. The standard InChI is InChI=1S/C24H27BrF3N5OS.CH2O2.CH4O/c1-3-17-20(13-33-14-24(27,28)11-16(33)12-32(2)7-8-34)30-22(23-29-6-9-35-23)31-21(17)18-5-4-15(26)10-19(18)25;2-1-3;1-2/h4-6,8-10,16,21H,3,7,11-14H2,1-2H3,(H,30,31);1H,(H,2,3);2H,1H3/t16?,21-;;/m1../s1. The highest BCUT2D eigenvalue weighted by Gasteiger charge is 2.45. The van der Waals surface area contributed by atoms with Crippen LogP contribution >= 0.6 is 27.3 Å². The molecule has 14 heteroatoms. The Balaban J connectivity index is 0.00000105. The van der Waals surface area contributed by atoms with Crippen LogP contribution in [0.3, 0.4) is 0 Å². The van der Waals surface area contributed by atoms with Gasteiger partial charge in [0.05, 0.1) is 13.1 Å². The average molecular weight is 649 g/mol. The van der Waals surface area contributed by atoms with Crippen molar-refractivity contribution in [3.05, 3.63) is 61.9 Å². The molecule has 220 valence electrons. The van der Waals surface area contributed by atoms with E-state index in [1.165, 1.54) is 23.5 Å². The van der Waals surface area contributed by atoms with Gasteiger partial charge in [-0.05, 0) is 36.7 Å². The number of nitrogens with zero attached hydrogens (tertiary/aromatic N) is 4. The SMILES string of the molecule is CCC1=C(CN2CC(F)(F)CC2CN(C)CC=O)NC(c2nccs2)=N[C@H]1c1ccc(F)cc1Br.CO.O=CO. The van der Waals surface area contributed by atoms with Crippen LogP contribution < -0.4 is 5.32 Å². The monoisotopic (exact) mass is 647 g/mol. The normalized spacial score (nSPS) is 20.1. The zero-order valence-electron chi connectivity index (χ0n) is 22.4. The number of likely N-dealkylation sites (N-methyl/N-ethyl adjacent to an activating group) is 1. The van der Waals surface area contributed by atoms with Gasteiger partial charge in [0.2, 0.25) is 0 Å². The van der Waals surface area contributed by atoms with Gasteiger partial charge in [0, 0.05) is 54.4 Å². The highest BCUT2D eigenvalue weighted by Crippen LogP contribution is 2.39. The average Bonchev–Trinajstić information content (AvgIpc) is 3.53. The van der Waals surface area contributed by atoms with Gasteiger partial charge in [-0.25, -0.2) is 18.2 Å². The molecular weight excluding hydrogens is 615 g/mol. The molecule has 3 heterocycles. The van der Waals surface area contributed by atoms with Gasteiger partial charge in [0.15, 0.2) is 10.8 Å². The molecule has 0 spiro atoms. The fourth-order valence-corrected chi connectivity index (χ4v) is 5.85. The predicted octanol–water partition coefficient (Wildman–Crippen LogP) is 3.95. The van der Waals surface area contributed by atoms with Crippen molar-refractivity contribution in [3.8, 4) is 0 Å². The number of rotatable bonds is 9. The molecule has 0 radical (unpaired) electrons. The Hall–Kier alpha value is -2.65. The number of carboxylic acid groups (broad SMARTS) is 1. The van der Waals surface area contributed by atoms with Gasteiger partial charge in [0.25, 0.3) is 12.4 Å². The van der Waals surface area contributed by atoms with Crippen LogP contribution in [-0.4, -0.2) is 95.9 Å². The van der Waals surface area contributed by atoms with Gasteiger partial charge in [-0.2, -0.15) is 0 Å². The van der Waals surface area contributed by atoms with Crippen LogP contribution in [0.1, 0.15) is 36.4 Å². The third-order valence-electron chi connectivity index (χ3n) is 6.27. The van der Waals surface area contributed by atoms with Gasteiger partial charge < -0.3 is 20.3 Å². The number of thiazole rings is 1. The van der Waals surface area contributed by atoms with E-state index in [9.17, 15) is 18.0 Å². The highest BCUT2D eigenvalue weighted by molar-refractivity contribution is 9.10. The molecule has 2 atom stereocenters. The number of aromatic nitrogens is 1. The number of nitrogens with one attached hydrogen (secondary N) is 1. The number of halogens is 4. The Kier molecular flexibility index (Phi) is 13.4. The Labute approximate surface area is 243 Å². The van der Waals surface area contributed by atoms with E-state index < -0.39 is 18.0 Å². The number of carbonyl (C=O) groups is 2. The molecule has 2 aliphatic rings. The first-order valence-corrected chi connectivity index (χ1v) is 14.0. The summed E-state index contributed by atoms with van der Waals surface area (Å²) < 4.78 is 43.4. The van der Waals surface area contributed by atoms with E-state index in [1.807, 2.05) is 12.3 Å². The van der Waals surface area contributed by atoms with Crippen molar-refractivity contribution in [1.29, 1.82) is 0 Å². The largest absolute Gasteiger partial charge is 0.483 e. The summed E-state index contributed by atoms with van der Waals surface area (Å²) in [6.07, 6.45) is 2.84. The Bertz CT molecular complexity index is 1180. The van der Waals surface area contributed by atoms with E-state index in [2.05, 4.69) is 26.2 Å². The maximum Gasteiger partial charge on any atom is 0.290 e. The Morgan fingerprint density at radius 1 is 1.32 bits per heavy atom. The molecule has 1 unspecified atom stereocenters. The first-order valence-electron chi connectivity index (χ1n) is 12.3. The summed E-state index contributed by atoms with van der Waals surface area (Å²) in [5.74, 6) is -2.60. The molecule has 0 amide bonds. The first-order chi connectivity index (χ1) is 19.1. The van der Waals surface area contributed by atoms with Crippen molar-refractivity contribution >= 4 is 45.9 Å². The molecule has 0 aliphatic carbocycles. The first kappa shape index (κ1) is 33.6. The van der Waals surface area contributed by atoms with E-state index in [0.717, 1.165) is 30.2 Å². The minimum atomic E-state index is -2.81. The van der Waals surface area contributed by atoms with Gasteiger partial charge in [0.1, 0.15) is 18.1 Å². The number of amidine groups is 1. The van der Waals surface area contributed by atoms with Crippen LogP contribution in [0.15, 0.2) is 50.5 Å². The topological polar surface area (TPSA) is 118 Å². The smallest absolute Gasteiger partial charge is 0.290 e. The summed E-state index contributed by atoms with van der Waals surface area (Å²) in [5.41, 5.74) is 2.55. The summed E-state index contributed by atoms with van der Waals surface area (Å²) in [6.45, 7) is 2.22. The zero-order valence-corrected chi connectivity index (χ0v) is 24.8. The number of aliphatic hydroxyl groups excluding tert-OH is 1. The van der Waals surface area contributed by atoms with E-state index in [0.29, 0.717) is 28.3 Å². The Morgan fingerprint density at radius 2 is 2.02 bits per heavy atom. The molecule has 1 aromatic carbocycles. The lowest BCUT2D eigenvalue weighted by atomic mass is 9.93. The fraction of sp³-hybridized carbons (Fsp3) is 0.462. The van der Waals surface area contributed by atoms with E-state index in [1.54, 1.807) is 29.1 Å². The van der Waals surface area contributed by atoms with E-state index in [4.69, 9.17) is 20.0 Å². The van der Waals surface area contributed by atoms with Crippen LogP contribution in [0, 0.1) is 5.82 Å². The maximum atomic E-state index is 14.5.